The minimum atomic E-state index is 0.180. The molecule has 0 saturated heterocycles. The largest absolute Gasteiger partial charge is 0.214 e. The molecule has 78 valence electrons. The number of thiophene rings is 1. The van der Waals surface area contributed by atoms with E-state index >= 15 is 0 Å². The molecule has 2 nitrogen and oxygen atoms in total. The van der Waals surface area contributed by atoms with Crippen LogP contribution in [0.5, 0.6) is 0 Å². The lowest BCUT2D eigenvalue weighted by Crippen LogP contribution is -1.90. The van der Waals surface area contributed by atoms with E-state index in [0.29, 0.717) is 5.82 Å². The molecule has 2 heterocycles. The van der Waals surface area contributed by atoms with Gasteiger partial charge in [0.25, 0.3) is 0 Å². The van der Waals surface area contributed by atoms with Crippen molar-refractivity contribution in [2.75, 3.05) is 0 Å². The number of hydrogen-bond acceptors (Lipinski definition) is 3. The van der Waals surface area contributed by atoms with Gasteiger partial charge in [-0.1, -0.05) is 34.8 Å². The lowest BCUT2D eigenvalue weighted by atomic mass is 10.3. The van der Waals surface area contributed by atoms with Gasteiger partial charge in [-0.15, -0.1) is 11.3 Å². The first-order chi connectivity index (χ1) is 7.09. The van der Waals surface area contributed by atoms with E-state index in [1.807, 2.05) is 18.4 Å². The molecule has 2 aromatic heterocycles. The molecular formula is C9H5Cl3N2S. The Morgan fingerprint density at radius 1 is 1.13 bits per heavy atom. The van der Waals surface area contributed by atoms with Crippen molar-refractivity contribution in [1.82, 2.24) is 9.97 Å². The molecule has 0 aliphatic rings. The van der Waals surface area contributed by atoms with Crippen molar-refractivity contribution in [3.8, 4) is 10.7 Å². The van der Waals surface area contributed by atoms with Crippen LogP contribution in [-0.4, -0.2) is 9.97 Å². The smallest absolute Gasteiger partial charge is 0.172 e. The van der Waals surface area contributed by atoms with Crippen molar-refractivity contribution in [3.63, 3.8) is 0 Å². The van der Waals surface area contributed by atoms with Crippen molar-refractivity contribution in [2.45, 2.75) is 6.92 Å². The number of nitrogens with zero attached hydrogens (tertiary/aromatic N) is 2. The molecule has 0 aliphatic carbocycles. The molecule has 0 fully saturated rings. The first-order valence-corrected chi connectivity index (χ1v) is 6.04. The van der Waals surface area contributed by atoms with Crippen molar-refractivity contribution < 1.29 is 0 Å². The van der Waals surface area contributed by atoms with Crippen molar-refractivity contribution in [2.24, 2.45) is 0 Å². The highest BCUT2D eigenvalue weighted by atomic mass is 35.5. The molecule has 2 aromatic rings. The third-order valence-corrected chi connectivity index (χ3v) is 3.95. The summed E-state index contributed by atoms with van der Waals surface area (Å²) in [5.41, 5.74) is 1.09. The lowest BCUT2D eigenvalue weighted by Gasteiger charge is -2.02. The zero-order chi connectivity index (χ0) is 11.0. The van der Waals surface area contributed by atoms with Gasteiger partial charge in [-0.3, -0.25) is 0 Å². The van der Waals surface area contributed by atoms with Gasteiger partial charge in [0.2, 0.25) is 0 Å². The topological polar surface area (TPSA) is 25.8 Å². The average molecular weight is 280 g/mol. The maximum Gasteiger partial charge on any atom is 0.172 e. The number of aryl methyl sites for hydroxylation is 1. The van der Waals surface area contributed by atoms with Crippen molar-refractivity contribution in [3.05, 3.63) is 32.3 Å². The Bertz CT molecular complexity index is 487. The van der Waals surface area contributed by atoms with Crippen LogP contribution in [-0.2, 0) is 0 Å². The fourth-order valence-corrected chi connectivity index (χ4v) is 2.43. The van der Waals surface area contributed by atoms with Gasteiger partial charge in [-0.2, -0.15) is 0 Å². The number of halogens is 3. The molecular weight excluding hydrogens is 275 g/mol. The molecule has 0 bridgehead atoms. The van der Waals surface area contributed by atoms with Gasteiger partial charge in [0, 0.05) is 0 Å². The molecule has 0 unspecified atom stereocenters. The van der Waals surface area contributed by atoms with E-state index in [0.717, 1.165) is 10.4 Å². The zero-order valence-electron chi connectivity index (χ0n) is 7.59. The van der Waals surface area contributed by atoms with Crippen LogP contribution >= 0.6 is 46.1 Å². The highest BCUT2D eigenvalue weighted by Crippen LogP contribution is 2.32. The van der Waals surface area contributed by atoms with Gasteiger partial charge in [0.05, 0.1) is 4.88 Å². The summed E-state index contributed by atoms with van der Waals surface area (Å²) >= 11 is 19.0. The molecule has 6 heteroatoms. The van der Waals surface area contributed by atoms with E-state index in [1.165, 1.54) is 0 Å². The fraction of sp³-hybridized carbons (Fsp3) is 0.111. The summed E-state index contributed by atoms with van der Waals surface area (Å²) in [4.78, 5) is 9.12. The van der Waals surface area contributed by atoms with Gasteiger partial charge < -0.3 is 0 Å². The normalized spacial score (nSPS) is 10.7. The van der Waals surface area contributed by atoms with Crippen molar-refractivity contribution in [1.29, 1.82) is 0 Å². The van der Waals surface area contributed by atoms with E-state index in [9.17, 15) is 0 Å². The molecule has 0 atom stereocenters. The fourth-order valence-electron chi connectivity index (χ4n) is 1.10. The molecule has 0 aromatic carbocycles. The standard InChI is InChI=1S/C9H5Cl3N2S/c1-4-2-3-15-6(4)9-13-7(11)5(10)8(12)14-9/h2-3H,1H3. The summed E-state index contributed by atoms with van der Waals surface area (Å²) in [6, 6.07) is 1.99. The van der Waals surface area contributed by atoms with Crippen LogP contribution in [0.4, 0.5) is 0 Å². The molecule has 0 saturated carbocycles. The van der Waals surface area contributed by atoms with E-state index in [-0.39, 0.29) is 15.3 Å². The number of hydrogen-bond donors (Lipinski definition) is 0. The van der Waals surface area contributed by atoms with Gasteiger partial charge in [-0.05, 0) is 23.9 Å². The molecule has 15 heavy (non-hydrogen) atoms. The zero-order valence-corrected chi connectivity index (χ0v) is 10.7. The Labute approximate surface area is 106 Å². The Morgan fingerprint density at radius 2 is 1.73 bits per heavy atom. The second-order valence-corrected chi connectivity index (χ2v) is 4.89. The monoisotopic (exact) mass is 278 g/mol. The Kier molecular flexibility index (Phi) is 3.16. The average Bonchev–Trinajstić information content (AvgIpc) is 2.60. The molecule has 0 aliphatic heterocycles. The third-order valence-electron chi connectivity index (χ3n) is 1.84. The minimum Gasteiger partial charge on any atom is -0.214 e. The molecule has 0 spiro atoms. The molecule has 2 rings (SSSR count). The Hall–Kier alpha value is -0.350. The summed E-state index contributed by atoms with van der Waals surface area (Å²) < 4.78 is 0. The second-order valence-electron chi connectivity index (χ2n) is 2.88. The van der Waals surface area contributed by atoms with E-state index in [4.69, 9.17) is 34.8 Å². The number of aromatic nitrogens is 2. The van der Waals surface area contributed by atoms with Crippen LogP contribution in [0.15, 0.2) is 11.4 Å². The van der Waals surface area contributed by atoms with Gasteiger partial charge >= 0.3 is 0 Å². The molecule has 0 radical (unpaired) electrons. The lowest BCUT2D eigenvalue weighted by molar-refractivity contribution is 1.18. The summed E-state index contributed by atoms with van der Waals surface area (Å²) in [7, 11) is 0. The van der Waals surface area contributed by atoms with Crippen LogP contribution in [0, 0.1) is 6.92 Å². The highest BCUT2D eigenvalue weighted by molar-refractivity contribution is 7.13. The Morgan fingerprint density at radius 3 is 2.20 bits per heavy atom. The van der Waals surface area contributed by atoms with Crippen LogP contribution in [0.25, 0.3) is 10.7 Å². The highest BCUT2D eigenvalue weighted by Gasteiger charge is 2.13. The van der Waals surface area contributed by atoms with Gasteiger partial charge in [0.15, 0.2) is 16.1 Å². The number of rotatable bonds is 1. The summed E-state index contributed by atoms with van der Waals surface area (Å²) in [6.45, 7) is 1.98. The van der Waals surface area contributed by atoms with Crippen LogP contribution < -0.4 is 0 Å². The summed E-state index contributed by atoms with van der Waals surface area (Å²) in [5.74, 6) is 0.516. The van der Waals surface area contributed by atoms with Gasteiger partial charge in [-0.25, -0.2) is 9.97 Å². The van der Waals surface area contributed by atoms with Crippen LogP contribution in [0.1, 0.15) is 5.56 Å². The van der Waals surface area contributed by atoms with E-state index < -0.39 is 0 Å². The van der Waals surface area contributed by atoms with Crippen LogP contribution in [0.2, 0.25) is 15.3 Å². The molecule has 0 amide bonds. The van der Waals surface area contributed by atoms with Gasteiger partial charge in [0.1, 0.15) is 5.02 Å². The van der Waals surface area contributed by atoms with E-state index in [2.05, 4.69) is 9.97 Å². The third kappa shape index (κ3) is 2.11. The quantitative estimate of drug-likeness (QED) is 0.720. The maximum atomic E-state index is 5.83. The minimum absolute atomic E-state index is 0.180. The van der Waals surface area contributed by atoms with Crippen LogP contribution in [0.3, 0.4) is 0 Å². The predicted octanol–water partition coefficient (Wildman–Crippen LogP) is 4.47. The first-order valence-electron chi connectivity index (χ1n) is 4.02. The molecule has 0 N–H and O–H groups in total. The predicted molar refractivity (Wildman–Crippen MR) is 65.1 cm³/mol. The van der Waals surface area contributed by atoms with Crippen molar-refractivity contribution >= 4 is 46.1 Å². The SMILES string of the molecule is Cc1ccsc1-c1nc(Cl)c(Cl)c(Cl)n1. The first kappa shape index (κ1) is 11.1. The van der Waals surface area contributed by atoms with E-state index in [1.54, 1.807) is 11.3 Å². The Balaban J connectivity index is 2.60. The summed E-state index contributed by atoms with van der Waals surface area (Å²) in [5, 5.41) is 2.51. The second kappa shape index (κ2) is 4.26. The summed E-state index contributed by atoms with van der Waals surface area (Å²) in [6.07, 6.45) is 0. The maximum absolute atomic E-state index is 5.83.